The minimum Gasteiger partial charge on any atom is -0.488 e. The average Bonchev–Trinajstić information content (AvgIpc) is 2.67. The molecule has 2 unspecified atom stereocenters. The molecule has 2 atom stereocenters. The van der Waals surface area contributed by atoms with E-state index in [1.54, 1.807) is 0 Å². The highest BCUT2D eigenvalue weighted by Gasteiger charge is 2.28. The minimum absolute atomic E-state index is 0.0993. The van der Waals surface area contributed by atoms with E-state index in [2.05, 4.69) is 0 Å². The van der Waals surface area contributed by atoms with E-state index in [0.717, 1.165) is 11.1 Å². The van der Waals surface area contributed by atoms with Crippen LogP contribution < -0.4 is 9.47 Å². The van der Waals surface area contributed by atoms with Gasteiger partial charge in [-0.05, 0) is 62.1 Å². The maximum Gasteiger partial charge on any atom is 0.156 e. The molecular formula is C23H26Cl6O2. The summed E-state index contributed by atoms with van der Waals surface area (Å²) in [7, 11) is 0. The van der Waals surface area contributed by atoms with Crippen LogP contribution in [0.25, 0.3) is 0 Å². The number of benzene rings is 2. The zero-order valence-electron chi connectivity index (χ0n) is 17.9. The standard InChI is InChI=1S/C23H26Cl6O2/c1-13(5-7-24)30-21-17(26)9-15(10-18(21)27)23(3,4)16-11-19(28)22(20(29)12-16)31-14(2)6-8-25/h9-14H,5-8H2,1-4H3. The van der Waals surface area contributed by atoms with Crippen LogP contribution in [0.2, 0.25) is 20.1 Å². The Morgan fingerprint density at radius 2 is 0.968 bits per heavy atom. The van der Waals surface area contributed by atoms with Crippen LogP contribution in [0.5, 0.6) is 11.5 Å². The lowest BCUT2D eigenvalue weighted by Crippen LogP contribution is -2.20. The molecule has 2 nitrogen and oxygen atoms in total. The topological polar surface area (TPSA) is 18.5 Å². The van der Waals surface area contributed by atoms with E-state index in [4.69, 9.17) is 79.1 Å². The van der Waals surface area contributed by atoms with Gasteiger partial charge in [0.05, 0.1) is 32.3 Å². The Bertz CT molecular complexity index is 782. The van der Waals surface area contributed by atoms with Crippen molar-refractivity contribution in [2.75, 3.05) is 11.8 Å². The summed E-state index contributed by atoms with van der Waals surface area (Å²) >= 11 is 37.7. The van der Waals surface area contributed by atoms with E-state index in [0.29, 0.717) is 56.2 Å². The molecule has 0 radical (unpaired) electrons. The summed E-state index contributed by atoms with van der Waals surface area (Å²) in [5, 5.41) is 1.74. The van der Waals surface area contributed by atoms with Gasteiger partial charge in [0.25, 0.3) is 0 Å². The van der Waals surface area contributed by atoms with Gasteiger partial charge in [0.1, 0.15) is 0 Å². The fourth-order valence-electron chi connectivity index (χ4n) is 3.06. The second-order valence-corrected chi connectivity index (χ2v) is 10.4. The highest BCUT2D eigenvalue weighted by molar-refractivity contribution is 6.38. The Morgan fingerprint density at radius 3 is 1.23 bits per heavy atom. The molecule has 0 amide bonds. The Labute approximate surface area is 215 Å². The van der Waals surface area contributed by atoms with Crippen molar-refractivity contribution in [1.29, 1.82) is 0 Å². The quantitative estimate of drug-likeness (QED) is 0.276. The third-order valence-corrected chi connectivity index (χ3v) is 6.67. The molecular weight excluding hydrogens is 521 g/mol. The fourth-order valence-corrected chi connectivity index (χ4v) is 4.83. The molecule has 0 saturated carbocycles. The molecule has 2 aromatic rings. The highest BCUT2D eigenvalue weighted by atomic mass is 35.5. The first-order valence-corrected chi connectivity index (χ1v) is 12.5. The van der Waals surface area contributed by atoms with Gasteiger partial charge in [-0.25, -0.2) is 0 Å². The van der Waals surface area contributed by atoms with Crippen LogP contribution >= 0.6 is 69.6 Å². The summed E-state index contributed by atoms with van der Waals surface area (Å²) in [6.07, 6.45) is 1.18. The van der Waals surface area contributed by atoms with Crippen molar-refractivity contribution in [3.63, 3.8) is 0 Å². The van der Waals surface area contributed by atoms with E-state index in [-0.39, 0.29) is 12.2 Å². The summed E-state index contributed by atoms with van der Waals surface area (Å²) < 4.78 is 11.8. The summed E-state index contributed by atoms with van der Waals surface area (Å²) in [6.45, 7) is 7.94. The zero-order chi connectivity index (χ0) is 23.3. The van der Waals surface area contributed by atoms with Crippen molar-refractivity contribution < 1.29 is 9.47 Å². The van der Waals surface area contributed by atoms with Crippen molar-refractivity contribution in [2.45, 2.75) is 58.2 Å². The molecule has 0 aliphatic heterocycles. The van der Waals surface area contributed by atoms with E-state index >= 15 is 0 Å². The molecule has 31 heavy (non-hydrogen) atoms. The van der Waals surface area contributed by atoms with Gasteiger partial charge in [-0.2, -0.15) is 0 Å². The third-order valence-electron chi connectivity index (χ3n) is 5.11. The van der Waals surface area contributed by atoms with Crippen molar-refractivity contribution >= 4 is 69.6 Å². The zero-order valence-corrected chi connectivity index (χ0v) is 22.4. The van der Waals surface area contributed by atoms with Crippen molar-refractivity contribution in [3.05, 3.63) is 55.5 Å². The molecule has 0 aliphatic rings. The van der Waals surface area contributed by atoms with Gasteiger partial charge in [-0.3, -0.25) is 0 Å². The summed E-state index contributed by atoms with van der Waals surface area (Å²) in [5.41, 5.74) is 1.31. The molecule has 0 N–H and O–H groups in total. The van der Waals surface area contributed by atoms with Gasteiger partial charge >= 0.3 is 0 Å². The van der Waals surface area contributed by atoms with Crippen LogP contribution in [-0.2, 0) is 5.41 Å². The lowest BCUT2D eigenvalue weighted by molar-refractivity contribution is 0.218. The Balaban J connectivity index is 2.38. The maximum absolute atomic E-state index is 6.52. The van der Waals surface area contributed by atoms with Gasteiger partial charge in [-0.15, -0.1) is 23.2 Å². The monoisotopic (exact) mass is 544 g/mol. The third kappa shape index (κ3) is 6.88. The fraction of sp³-hybridized carbons (Fsp3) is 0.478. The molecule has 8 heteroatoms. The van der Waals surface area contributed by atoms with Gasteiger partial charge in [0, 0.05) is 17.2 Å². The lowest BCUT2D eigenvalue weighted by Gasteiger charge is -2.29. The van der Waals surface area contributed by atoms with Crippen molar-refractivity contribution in [3.8, 4) is 11.5 Å². The molecule has 2 rings (SSSR count). The predicted octanol–water partition coefficient (Wildman–Crippen LogP) is 9.42. The van der Waals surface area contributed by atoms with Gasteiger partial charge in [-0.1, -0.05) is 60.3 Å². The molecule has 172 valence electrons. The number of ether oxygens (including phenoxy) is 2. The Kier molecular flexibility index (Phi) is 10.3. The highest BCUT2D eigenvalue weighted by Crippen LogP contribution is 2.44. The van der Waals surface area contributed by atoms with Gasteiger partial charge in [0.15, 0.2) is 11.5 Å². The van der Waals surface area contributed by atoms with Crippen molar-refractivity contribution in [1.82, 2.24) is 0 Å². The van der Waals surface area contributed by atoms with Gasteiger partial charge < -0.3 is 9.47 Å². The maximum atomic E-state index is 6.52. The first-order valence-electron chi connectivity index (χ1n) is 9.95. The molecule has 0 aliphatic carbocycles. The number of hydrogen-bond acceptors (Lipinski definition) is 2. The van der Waals surface area contributed by atoms with E-state index < -0.39 is 5.41 Å². The smallest absolute Gasteiger partial charge is 0.156 e. The number of rotatable bonds is 10. The molecule has 0 aromatic heterocycles. The first kappa shape index (κ1) is 27.0. The number of alkyl halides is 2. The number of hydrogen-bond donors (Lipinski definition) is 0. The SMILES string of the molecule is CC(CCCl)Oc1c(Cl)cc(C(C)(C)c2cc(Cl)c(OC(C)CCCl)c(Cl)c2)cc1Cl. The van der Waals surface area contributed by atoms with Crippen LogP contribution in [0.3, 0.4) is 0 Å². The average molecular weight is 547 g/mol. The van der Waals surface area contributed by atoms with Gasteiger partial charge in [0.2, 0.25) is 0 Å². The van der Waals surface area contributed by atoms with E-state index in [9.17, 15) is 0 Å². The summed E-state index contributed by atoms with van der Waals surface area (Å²) in [4.78, 5) is 0. The normalized spacial score (nSPS) is 13.7. The second-order valence-electron chi connectivity index (χ2n) is 7.98. The molecule has 0 spiro atoms. The van der Waals surface area contributed by atoms with Crippen LogP contribution in [0.1, 0.15) is 51.7 Å². The first-order chi connectivity index (χ1) is 14.5. The molecule has 2 aromatic carbocycles. The van der Waals surface area contributed by atoms with E-state index in [1.807, 2.05) is 52.0 Å². The molecule has 0 fully saturated rings. The summed E-state index contributed by atoms with van der Waals surface area (Å²) in [6, 6.07) is 7.41. The number of halogens is 6. The predicted molar refractivity (Wildman–Crippen MR) is 136 cm³/mol. The van der Waals surface area contributed by atoms with Crippen LogP contribution in [0.15, 0.2) is 24.3 Å². The van der Waals surface area contributed by atoms with Crippen LogP contribution in [0.4, 0.5) is 0 Å². The largest absolute Gasteiger partial charge is 0.488 e. The van der Waals surface area contributed by atoms with Crippen LogP contribution in [-0.4, -0.2) is 24.0 Å². The van der Waals surface area contributed by atoms with E-state index in [1.165, 1.54) is 0 Å². The lowest BCUT2D eigenvalue weighted by atomic mass is 9.78. The summed E-state index contributed by atoms with van der Waals surface area (Å²) in [5.74, 6) is 1.89. The molecule has 0 saturated heterocycles. The Hall–Kier alpha value is -0.220. The van der Waals surface area contributed by atoms with Crippen LogP contribution in [0, 0.1) is 0 Å². The molecule has 0 bridgehead atoms. The van der Waals surface area contributed by atoms with Crippen molar-refractivity contribution in [2.24, 2.45) is 0 Å². The molecule has 0 heterocycles. The minimum atomic E-state index is -0.485. The second kappa shape index (κ2) is 11.8. The Morgan fingerprint density at radius 1 is 0.677 bits per heavy atom.